The molecule has 2 rings (SSSR count). The van der Waals surface area contributed by atoms with Crippen molar-refractivity contribution in [3.8, 4) is 0 Å². The average Bonchev–Trinajstić information content (AvgIpc) is 2.76. The van der Waals surface area contributed by atoms with Crippen molar-refractivity contribution in [2.24, 2.45) is 0 Å². The fourth-order valence-electron chi connectivity index (χ4n) is 1.56. The molecule has 6 nitrogen and oxygen atoms in total. The summed E-state index contributed by atoms with van der Waals surface area (Å²) in [7, 11) is -4.03. The molecule has 0 amide bonds. The van der Waals surface area contributed by atoms with Crippen molar-refractivity contribution < 1.29 is 12.8 Å². The maximum absolute atomic E-state index is 13.5. The number of rotatable bonds is 4. The van der Waals surface area contributed by atoms with Gasteiger partial charge in [-0.15, -0.1) is 0 Å². The van der Waals surface area contributed by atoms with Gasteiger partial charge in [-0.1, -0.05) is 11.6 Å². The summed E-state index contributed by atoms with van der Waals surface area (Å²) in [4.78, 5) is -0.210. The highest BCUT2D eigenvalue weighted by Crippen LogP contribution is 2.24. The van der Waals surface area contributed by atoms with Crippen LogP contribution >= 0.6 is 11.6 Å². The lowest BCUT2D eigenvalue weighted by Crippen LogP contribution is -2.14. The van der Waals surface area contributed by atoms with Gasteiger partial charge in [0.15, 0.2) is 5.82 Å². The summed E-state index contributed by atoms with van der Waals surface area (Å²) in [6, 6.07) is 3.56. The third-order valence-electron chi connectivity index (χ3n) is 2.54. The van der Waals surface area contributed by atoms with Crippen molar-refractivity contribution in [1.82, 2.24) is 9.78 Å². The zero-order valence-electron chi connectivity index (χ0n) is 10.5. The van der Waals surface area contributed by atoms with Crippen LogP contribution in [0, 0.1) is 5.82 Å². The lowest BCUT2D eigenvalue weighted by atomic mass is 10.3. The SMILES string of the molecule is CCn1cc(S(=O)(=O)Nc2cc(Cl)ccc2F)c(N)n1. The zero-order chi connectivity index (χ0) is 14.9. The van der Waals surface area contributed by atoms with Crippen molar-refractivity contribution >= 4 is 33.1 Å². The van der Waals surface area contributed by atoms with Gasteiger partial charge in [0.2, 0.25) is 0 Å². The number of hydrogen-bond acceptors (Lipinski definition) is 4. The standard InChI is InChI=1S/C11H12ClFN4O2S/c1-2-17-6-10(11(14)15-17)20(18,19)16-9-5-7(12)3-4-8(9)13/h3-6,16H,2H2,1H3,(H2,14,15). The minimum absolute atomic E-state index is 0.151. The molecule has 0 spiro atoms. The van der Waals surface area contributed by atoms with Crippen LogP contribution in [0.15, 0.2) is 29.3 Å². The van der Waals surface area contributed by atoms with Crippen LogP contribution < -0.4 is 10.5 Å². The molecule has 0 aliphatic rings. The predicted octanol–water partition coefficient (Wildman–Crippen LogP) is 2.08. The number of aryl methyl sites for hydroxylation is 1. The van der Waals surface area contributed by atoms with E-state index in [4.69, 9.17) is 17.3 Å². The Morgan fingerprint density at radius 2 is 2.20 bits per heavy atom. The second-order valence-corrected chi connectivity index (χ2v) is 6.05. The van der Waals surface area contributed by atoms with E-state index in [-0.39, 0.29) is 21.4 Å². The Bertz CT molecular complexity index is 745. The van der Waals surface area contributed by atoms with Crippen molar-refractivity contribution in [3.63, 3.8) is 0 Å². The Morgan fingerprint density at radius 1 is 1.50 bits per heavy atom. The Labute approximate surface area is 120 Å². The molecule has 1 aromatic carbocycles. The molecule has 20 heavy (non-hydrogen) atoms. The molecule has 0 atom stereocenters. The maximum Gasteiger partial charge on any atom is 0.267 e. The minimum atomic E-state index is -4.03. The number of anilines is 2. The van der Waals surface area contributed by atoms with Gasteiger partial charge < -0.3 is 5.73 Å². The summed E-state index contributed by atoms with van der Waals surface area (Å²) in [6.07, 6.45) is 1.28. The highest BCUT2D eigenvalue weighted by molar-refractivity contribution is 7.92. The molecule has 0 radical (unpaired) electrons. The molecule has 1 aromatic heterocycles. The van der Waals surface area contributed by atoms with Gasteiger partial charge in [-0.3, -0.25) is 9.40 Å². The first-order chi connectivity index (χ1) is 9.33. The van der Waals surface area contributed by atoms with Crippen molar-refractivity contribution in [1.29, 1.82) is 0 Å². The van der Waals surface area contributed by atoms with E-state index in [9.17, 15) is 12.8 Å². The van der Waals surface area contributed by atoms with E-state index >= 15 is 0 Å². The first kappa shape index (κ1) is 14.6. The maximum atomic E-state index is 13.5. The molecular formula is C11H12ClFN4O2S. The van der Waals surface area contributed by atoms with Crippen LogP contribution in [0.3, 0.4) is 0 Å². The average molecular weight is 319 g/mol. The molecule has 0 saturated carbocycles. The second-order valence-electron chi connectivity index (χ2n) is 3.96. The zero-order valence-corrected chi connectivity index (χ0v) is 12.0. The summed E-state index contributed by atoms with van der Waals surface area (Å²) < 4.78 is 41.3. The molecule has 1 heterocycles. The van der Waals surface area contributed by atoms with E-state index in [1.807, 2.05) is 0 Å². The molecule has 0 saturated heterocycles. The van der Waals surface area contributed by atoms with Gasteiger partial charge >= 0.3 is 0 Å². The van der Waals surface area contributed by atoms with Gasteiger partial charge in [-0.2, -0.15) is 5.10 Å². The Balaban J connectivity index is 2.40. The van der Waals surface area contributed by atoms with E-state index in [0.29, 0.717) is 6.54 Å². The number of benzene rings is 1. The van der Waals surface area contributed by atoms with Crippen LogP contribution in [0.4, 0.5) is 15.9 Å². The van der Waals surface area contributed by atoms with Crippen molar-refractivity contribution in [3.05, 3.63) is 35.2 Å². The van der Waals surface area contributed by atoms with Crippen LogP contribution in [0.1, 0.15) is 6.92 Å². The Morgan fingerprint density at radius 3 is 2.80 bits per heavy atom. The first-order valence-electron chi connectivity index (χ1n) is 5.64. The molecule has 0 aliphatic carbocycles. The number of nitrogens with zero attached hydrogens (tertiary/aromatic N) is 2. The monoisotopic (exact) mass is 318 g/mol. The number of sulfonamides is 1. The van der Waals surface area contributed by atoms with E-state index in [2.05, 4.69) is 9.82 Å². The molecule has 3 N–H and O–H groups in total. The third kappa shape index (κ3) is 2.86. The molecular weight excluding hydrogens is 307 g/mol. The summed E-state index contributed by atoms with van der Waals surface area (Å²) in [5, 5.41) is 4.04. The lowest BCUT2D eigenvalue weighted by molar-refractivity contribution is 0.598. The van der Waals surface area contributed by atoms with Gasteiger partial charge in [-0.25, -0.2) is 12.8 Å². The van der Waals surface area contributed by atoms with Crippen LogP contribution in [-0.4, -0.2) is 18.2 Å². The number of halogens is 2. The predicted molar refractivity (Wildman–Crippen MR) is 74.5 cm³/mol. The molecule has 0 unspecified atom stereocenters. The van der Waals surface area contributed by atoms with Gasteiger partial charge in [-0.05, 0) is 25.1 Å². The van der Waals surface area contributed by atoms with E-state index < -0.39 is 15.8 Å². The summed E-state index contributed by atoms with van der Waals surface area (Å²) in [5.41, 5.74) is 5.30. The fraction of sp³-hybridized carbons (Fsp3) is 0.182. The fourth-order valence-corrected chi connectivity index (χ4v) is 2.87. The molecule has 0 fully saturated rings. The summed E-state index contributed by atoms with van der Waals surface area (Å²) >= 11 is 5.71. The van der Waals surface area contributed by atoms with Crippen molar-refractivity contribution in [2.45, 2.75) is 18.4 Å². The quantitative estimate of drug-likeness (QED) is 0.903. The molecule has 108 valence electrons. The van der Waals surface area contributed by atoms with Gasteiger partial charge in [0.25, 0.3) is 10.0 Å². The number of hydrogen-bond donors (Lipinski definition) is 2. The topological polar surface area (TPSA) is 90.0 Å². The van der Waals surface area contributed by atoms with Crippen molar-refractivity contribution in [2.75, 3.05) is 10.5 Å². The molecule has 0 bridgehead atoms. The smallest absolute Gasteiger partial charge is 0.267 e. The van der Waals surface area contributed by atoms with Crippen LogP contribution in [0.5, 0.6) is 0 Å². The second kappa shape index (κ2) is 5.29. The number of aromatic nitrogens is 2. The van der Waals surface area contributed by atoms with E-state index in [1.165, 1.54) is 23.0 Å². The van der Waals surface area contributed by atoms with Crippen LogP contribution in [-0.2, 0) is 16.6 Å². The van der Waals surface area contributed by atoms with Crippen LogP contribution in [0.25, 0.3) is 0 Å². The van der Waals surface area contributed by atoms with Gasteiger partial charge in [0.05, 0.1) is 5.69 Å². The first-order valence-corrected chi connectivity index (χ1v) is 7.50. The normalized spacial score (nSPS) is 11.6. The lowest BCUT2D eigenvalue weighted by Gasteiger charge is -2.08. The molecule has 2 aromatic rings. The van der Waals surface area contributed by atoms with Crippen LogP contribution in [0.2, 0.25) is 5.02 Å². The highest BCUT2D eigenvalue weighted by Gasteiger charge is 2.22. The molecule has 9 heteroatoms. The largest absolute Gasteiger partial charge is 0.381 e. The Kier molecular flexibility index (Phi) is 3.87. The molecule has 0 aliphatic heterocycles. The number of nitrogens with one attached hydrogen (secondary N) is 1. The number of nitrogens with two attached hydrogens (primary N) is 1. The number of nitrogen functional groups attached to an aromatic ring is 1. The van der Waals surface area contributed by atoms with Gasteiger partial charge in [0.1, 0.15) is 10.7 Å². The Hall–Kier alpha value is -1.80. The highest BCUT2D eigenvalue weighted by atomic mass is 35.5. The van der Waals surface area contributed by atoms with Gasteiger partial charge in [0, 0.05) is 17.8 Å². The minimum Gasteiger partial charge on any atom is -0.381 e. The summed E-state index contributed by atoms with van der Waals surface area (Å²) in [6.45, 7) is 2.25. The van der Waals surface area contributed by atoms with E-state index in [1.54, 1.807) is 6.92 Å². The third-order valence-corrected chi connectivity index (χ3v) is 4.16. The van der Waals surface area contributed by atoms with E-state index in [0.717, 1.165) is 6.07 Å². The summed E-state index contributed by atoms with van der Waals surface area (Å²) in [5.74, 6) is -0.888.